The molecule has 1 saturated heterocycles. The number of nitrogens with one attached hydrogen (secondary N) is 1. The van der Waals surface area contributed by atoms with E-state index < -0.39 is 10.2 Å². The lowest BCUT2D eigenvalue weighted by Crippen LogP contribution is -2.54. The molecule has 7 nitrogen and oxygen atoms in total. The molecule has 0 spiro atoms. The number of piperazine rings is 1. The van der Waals surface area contributed by atoms with Gasteiger partial charge in [-0.15, -0.1) is 0 Å². The van der Waals surface area contributed by atoms with Gasteiger partial charge >= 0.3 is 6.03 Å². The third-order valence-electron chi connectivity index (χ3n) is 2.69. The Morgan fingerprint density at radius 2 is 1.88 bits per heavy atom. The second kappa shape index (κ2) is 6.18. The van der Waals surface area contributed by atoms with Gasteiger partial charge < -0.3 is 10.2 Å². The zero-order valence-electron chi connectivity index (χ0n) is 10.1. The van der Waals surface area contributed by atoms with E-state index in [0.717, 1.165) is 12.8 Å². The van der Waals surface area contributed by atoms with Crippen molar-refractivity contribution in [2.75, 3.05) is 32.7 Å². The zero-order chi connectivity index (χ0) is 12.9. The summed E-state index contributed by atoms with van der Waals surface area (Å²) < 4.78 is 23.3. The highest BCUT2D eigenvalue weighted by molar-refractivity contribution is 7.86. The van der Waals surface area contributed by atoms with Crippen LogP contribution in [0, 0.1) is 0 Å². The minimum absolute atomic E-state index is 0.132. The standard InChI is InChI=1S/C9H20N4O3S/c1-2-3-4-11-9(14)12-5-7-13(8-6-12)17(10,15)16/h2-8H2,1H3,(H,11,14)(H2,10,15,16). The van der Waals surface area contributed by atoms with Gasteiger partial charge in [0.25, 0.3) is 10.2 Å². The van der Waals surface area contributed by atoms with E-state index in [1.165, 1.54) is 4.31 Å². The van der Waals surface area contributed by atoms with Crippen LogP contribution >= 0.6 is 0 Å². The Hall–Kier alpha value is -0.860. The van der Waals surface area contributed by atoms with E-state index in [2.05, 4.69) is 12.2 Å². The number of nitrogens with zero attached hydrogens (tertiary/aromatic N) is 2. The van der Waals surface area contributed by atoms with Crippen LogP contribution in [0.5, 0.6) is 0 Å². The molecule has 1 aliphatic rings. The minimum Gasteiger partial charge on any atom is -0.338 e. The smallest absolute Gasteiger partial charge is 0.317 e. The lowest BCUT2D eigenvalue weighted by Gasteiger charge is -2.32. The zero-order valence-corrected chi connectivity index (χ0v) is 10.9. The van der Waals surface area contributed by atoms with Crippen LogP contribution in [0.25, 0.3) is 0 Å². The Morgan fingerprint density at radius 1 is 1.29 bits per heavy atom. The van der Waals surface area contributed by atoms with Crippen LogP contribution in [0.3, 0.4) is 0 Å². The molecule has 0 bridgehead atoms. The van der Waals surface area contributed by atoms with Crippen LogP contribution in [0.15, 0.2) is 0 Å². The lowest BCUT2D eigenvalue weighted by atomic mass is 10.3. The molecule has 0 aliphatic carbocycles. The number of urea groups is 1. The highest BCUT2D eigenvalue weighted by Gasteiger charge is 2.25. The Kier molecular flexibility index (Phi) is 5.16. The van der Waals surface area contributed by atoms with E-state index >= 15 is 0 Å². The molecule has 0 radical (unpaired) electrons. The summed E-state index contributed by atoms with van der Waals surface area (Å²) in [4.78, 5) is 13.3. The third kappa shape index (κ3) is 4.49. The maximum absolute atomic E-state index is 11.6. The van der Waals surface area contributed by atoms with E-state index in [1.54, 1.807) is 4.90 Å². The minimum atomic E-state index is -3.62. The molecule has 1 aliphatic heterocycles. The third-order valence-corrected chi connectivity index (χ3v) is 3.78. The molecule has 0 atom stereocenters. The highest BCUT2D eigenvalue weighted by Crippen LogP contribution is 2.04. The number of hydrogen-bond donors (Lipinski definition) is 2. The van der Waals surface area contributed by atoms with Crippen LogP contribution in [-0.2, 0) is 10.2 Å². The fourth-order valence-electron chi connectivity index (χ4n) is 1.63. The predicted molar refractivity (Wildman–Crippen MR) is 64.6 cm³/mol. The summed E-state index contributed by atoms with van der Waals surface area (Å²) in [6.07, 6.45) is 1.97. The van der Waals surface area contributed by atoms with Gasteiger partial charge in [-0.05, 0) is 6.42 Å². The molecule has 1 rings (SSSR count). The Morgan fingerprint density at radius 3 is 2.35 bits per heavy atom. The number of carbonyl (C=O) groups excluding carboxylic acids is 1. The molecule has 2 amide bonds. The van der Waals surface area contributed by atoms with Gasteiger partial charge in [-0.3, -0.25) is 0 Å². The van der Waals surface area contributed by atoms with Gasteiger partial charge in [0, 0.05) is 32.7 Å². The van der Waals surface area contributed by atoms with Crippen LogP contribution in [0.1, 0.15) is 19.8 Å². The van der Waals surface area contributed by atoms with Crippen molar-refractivity contribution < 1.29 is 13.2 Å². The molecule has 3 N–H and O–H groups in total. The average Bonchev–Trinajstić information content (AvgIpc) is 2.28. The lowest BCUT2D eigenvalue weighted by molar-refractivity contribution is 0.172. The molecule has 1 heterocycles. The van der Waals surface area contributed by atoms with Gasteiger partial charge in [0.15, 0.2) is 0 Å². The van der Waals surface area contributed by atoms with Crippen molar-refractivity contribution in [3.8, 4) is 0 Å². The van der Waals surface area contributed by atoms with Crippen LogP contribution in [-0.4, -0.2) is 56.4 Å². The Labute approximate surface area is 102 Å². The first-order chi connectivity index (χ1) is 7.95. The Bertz CT molecular complexity index is 349. The maximum Gasteiger partial charge on any atom is 0.317 e. The molecule has 0 saturated carbocycles. The van der Waals surface area contributed by atoms with Crippen molar-refractivity contribution in [1.82, 2.24) is 14.5 Å². The molecule has 8 heteroatoms. The summed E-state index contributed by atoms with van der Waals surface area (Å²) in [5.74, 6) is 0. The molecular weight excluding hydrogens is 244 g/mol. The molecule has 17 heavy (non-hydrogen) atoms. The molecule has 0 aromatic heterocycles. The molecule has 1 fully saturated rings. The maximum atomic E-state index is 11.6. The second-order valence-corrected chi connectivity index (χ2v) is 5.56. The number of unbranched alkanes of at least 4 members (excludes halogenated alkanes) is 1. The average molecular weight is 264 g/mol. The van der Waals surface area contributed by atoms with Crippen LogP contribution < -0.4 is 10.5 Å². The first kappa shape index (κ1) is 14.2. The van der Waals surface area contributed by atoms with Gasteiger partial charge in [0.2, 0.25) is 0 Å². The first-order valence-electron chi connectivity index (χ1n) is 5.75. The summed E-state index contributed by atoms with van der Waals surface area (Å²) in [6.45, 7) is 4.00. The number of nitrogens with two attached hydrogens (primary N) is 1. The number of amides is 2. The molecular formula is C9H20N4O3S. The number of hydrogen-bond acceptors (Lipinski definition) is 3. The normalized spacial score (nSPS) is 18.1. The summed E-state index contributed by atoms with van der Waals surface area (Å²) in [7, 11) is -3.62. The summed E-state index contributed by atoms with van der Waals surface area (Å²) in [6, 6.07) is -0.132. The molecule has 0 aromatic rings. The summed E-state index contributed by atoms with van der Waals surface area (Å²) >= 11 is 0. The first-order valence-corrected chi connectivity index (χ1v) is 7.26. The quantitative estimate of drug-likeness (QED) is 0.658. The fraction of sp³-hybridized carbons (Fsp3) is 0.889. The summed E-state index contributed by atoms with van der Waals surface area (Å²) in [5.41, 5.74) is 0. The number of carbonyl (C=O) groups is 1. The van der Waals surface area contributed by atoms with Crippen molar-refractivity contribution in [2.24, 2.45) is 5.14 Å². The Balaban J connectivity index is 2.34. The van der Waals surface area contributed by atoms with Crippen molar-refractivity contribution in [3.05, 3.63) is 0 Å². The summed E-state index contributed by atoms with van der Waals surface area (Å²) in [5, 5.41) is 7.80. The van der Waals surface area contributed by atoms with Crippen molar-refractivity contribution >= 4 is 16.2 Å². The van der Waals surface area contributed by atoms with Crippen molar-refractivity contribution in [1.29, 1.82) is 0 Å². The van der Waals surface area contributed by atoms with Crippen LogP contribution in [0.2, 0.25) is 0 Å². The highest BCUT2D eigenvalue weighted by atomic mass is 32.2. The number of rotatable bonds is 4. The monoisotopic (exact) mass is 264 g/mol. The fourth-order valence-corrected chi connectivity index (χ4v) is 2.30. The molecule has 0 unspecified atom stereocenters. The topological polar surface area (TPSA) is 95.7 Å². The van der Waals surface area contributed by atoms with E-state index in [0.29, 0.717) is 19.6 Å². The van der Waals surface area contributed by atoms with E-state index in [-0.39, 0.29) is 19.1 Å². The van der Waals surface area contributed by atoms with Gasteiger partial charge in [0.1, 0.15) is 0 Å². The van der Waals surface area contributed by atoms with E-state index in [4.69, 9.17) is 5.14 Å². The molecule has 100 valence electrons. The SMILES string of the molecule is CCCCNC(=O)N1CCN(S(N)(=O)=O)CC1. The predicted octanol–water partition coefficient (Wildman–Crippen LogP) is -0.683. The van der Waals surface area contributed by atoms with Crippen molar-refractivity contribution in [3.63, 3.8) is 0 Å². The second-order valence-electron chi connectivity index (χ2n) is 4.02. The van der Waals surface area contributed by atoms with E-state index in [9.17, 15) is 13.2 Å². The van der Waals surface area contributed by atoms with Crippen molar-refractivity contribution in [2.45, 2.75) is 19.8 Å². The van der Waals surface area contributed by atoms with Gasteiger partial charge in [-0.2, -0.15) is 12.7 Å². The van der Waals surface area contributed by atoms with Gasteiger partial charge in [-0.1, -0.05) is 13.3 Å². The van der Waals surface area contributed by atoms with Gasteiger partial charge in [0.05, 0.1) is 0 Å². The molecule has 0 aromatic carbocycles. The van der Waals surface area contributed by atoms with E-state index in [1.807, 2.05) is 0 Å². The largest absolute Gasteiger partial charge is 0.338 e. The van der Waals surface area contributed by atoms with Crippen LogP contribution in [0.4, 0.5) is 4.79 Å². The van der Waals surface area contributed by atoms with Gasteiger partial charge in [-0.25, -0.2) is 9.93 Å².